The standard InChI is InChI=1S/C23H22ClN3O2/c1-15-5-6-16(2)27(15)19-11-12-21(24)20(14-19)23(29)25-17-7-9-18(10-8-17)26-13-3-4-22(26)28/h5-12,14H,3-4,13H2,1-2H3,(H,25,29). The predicted molar refractivity (Wildman–Crippen MR) is 116 cm³/mol. The second kappa shape index (κ2) is 7.76. The fourth-order valence-corrected chi connectivity index (χ4v) is 3.95. The minimum atomic E-state index is -0.274. The Kier molecular flexibility index (Phi) is 5.16. The van der Waals surface area contributed by atoms with Gasteiger partial charge in [0.15, 0.2) is 0 Å². The molecule has 0 aliphatic carbocycles. The van der Waals surface area contributed by atoms with E-state index in [4.69, 9.17) is 11.6 Å². The molecule has 2 amide bonds. The first-order valence-electron chi connectivity index (χ1n) is 9.61. The van der Waals surface area contributed by atoms with E-state index in [9.17, 15) is 9.59 Å². The maximum atomic E-state index is 12.9. The lowest BCUT2D eigenvalue weighted by atomic mass is 10.1. The Balaban J connectivity index is 1.55. The molecular formula is C23H22ClN3O2. The molecule has 3 aromatic rings. The minimum absolute atomic E-state index is 0.140. The SMILES string of the molecule is Cc1ccc(C)n1-c1ccc(Cl)c(C(=O)Nc2ccc(N3CCCC3=O)cc2)c1. The van der Waals surface area contributed by atoms with Crippen molar-refractivity contribution >= 4 is 34.8 Å². The van der Waals surface area contributed by atoms with Crippen molar-refractivity contribution in [3.05, 3.63) is 76.6 Å². The summed E-state index contributed by atoms with van der Waals surface area (Å²) in [5.41, 5.74) is 4.98. The fraction of sp³-hybridized carbons (Fsp3) is 0.217. The highest BCUT2D eigenvalue weighted by molar-refractivity contribution is 6.34. The highest BCUT2D eigenvalue weighted by Crippen LogP contribution is 2.26. The molecule has 1 fully saturated rings. The lowest BCUT2D eigenvalue weighted by molar-refractivity contribution is -0.117. The number of nitrogens with one attached hydrogen (secondary N) is 1. The van der Waals surface area contributed by atoms with Crippen molar-refractivity contribution in [2.24, 2.45) is 0 Å². The van der Waals surface area contributed by atoms with Crippen molar-refractivity contribution in [1.82, 2.24) is 4.57 Å². The van der Waals surface area contributed by atoms with E-state index in [1.54, 1.807) is 29.2 Å². The highest BCUT2D eigenvalue weighted by atomic mass is 35.5. The monoisotopic (exact) mass is 407 g/mol. The lowest BCUT2D eigenvalue weighted by Gasteiger charge is -2.16. The van der Waals surface area contributed by atoms with E-state index in [-0.39, 0.29) is 11.8 Å². The summed E-state index contributed by atoms with van der Waals surface area (Å²) in [7, 11) is 0. The summed E-state index contributed by atoms with van der Waals surface area (Å²) in [4.78, 5) is 26.5. The lowest BCUT2D eigenvalue weighted by Crippen LogP contribution is -2.23. The number of halogens is 1. The normalized spacial score (nSPS) is 13.8. The Morgan fingerprint density at radius 3 is 2.24 bits per heavy atom. The van der Waals surface area contributed by atoms with Gasteiger partial charge in [-0.05, 0) is 74.9 Å². The molecule has 0 unspecified atom stereocenters. The van der Waals surface area contributed by atoms with E-state index in [0.29, 0.717) is 22.7 Å². The molecule has 6 heteroatoms. The summed E-state index contributed by atoms with van der Waals surface area (Å²) in [6.45, 7) is 4.78. The maximum absolute atomic E-state index is 12.9. The molecule has 2 aromatic carbocycles. The van der Waals surface area contributed by atoms with Gasteiger partial charge < -0.3 is 14.8 Å². The van der Waals surface area contributed by atoms with Crippen LogP contribution in [0.1, 0.15) is 34.6 Å². The number of aromatic nitrogens is 1. The number of amides is 2. The zero-order valence-electron chi connectivity index (χ0n) is 16.4. The quantitative estimate of drug-likeness (QED) is 0.652. The molecule has 148 valence electrons. The van der Waals surface area contributed by atoms with Gasteiger partial charge in [-0.2, -0.15) is 0 Å². The van der Waals surface area contributed by atoms with Gasteiger partial charge in [-0.15, -0.1) is 0 Å². The van der Waals surface area contributed by atoms with Crippen molar-refractivity contribution in [3.63, 3.8) is 0 Å². The van der Waals surface area contributed by atoms with Gasteiger partial charge in [0.1, 0.15) is 0 Å². The van der Waals surface area contributed by atoms with Crippen LogP contribution >= 0.6 is 11.6 Å². The first-order chi connectivity index (χ1) is 13.9. The molecule has 5 nitrogen and oxygen atoms in total. The third-order valence-electron chi connectivity index (χ3n) is 5.23. The molecule has 0 spiro atoms. The molecule has 0 saturated carbocycles. The number of hydrogen-bond donors (Lipinski definition) is 1. The van der Waals surface area contributed by atoms with Gasteiger partial charge in [-0.25, -0.2) is 0 Å². The van der Waals surface area contributed by atoms with Crippen molar-refractivity contribution in [2.75, 3.05) is 16.8 Å². The highest BCUT2D eigenvalue weighted by Gasteiger charge is 2.21. The van der Waals surface area contributed by atoms with Gasteiger partial charge in [0, 0.05) is 41.4 Å². The Hall–Kier alpha value is -3.05. The molecule has 2 heterocycles. The molecular weight excluding hydrogens is 386 g/mol. The van der Waals surface area contributed by atoms with Crippen LogP contribution in [0.5, 0.6) is 0 Å². The van der Waals surface area contributed by atoms with Crippen molar-refractivity contribution in [1.29, 1.82) is 0 Å². The molecule has 1 aromatic heterocycles. The Morgan fingerprint density at radius 1 is 0.966 bits per heavy atom. The number of rotatable bonds is 4. The smallest absolute Gasteiger partial charge is 0.257 e. The van der Waals surface area contributed by atoms with Gasteiger partial charge in [-0.3, -0.25) is 9.59 Å². The number of carbonyl (C=O) groups is 2. The van der Waals surface area contributed by atoms with Crippen LogP contribution < -0.4 is 10.2 Å². The maximum Gasteiger partial charge on any atom is 0.257 e. The first kappa shape index (κ1) is 19.3. The zero-order chi connectivity index (χ0) is 20.5. The Bertz CT molecular complexity index is 1070. The molecule has 0 radical (unpaired) electrons. The van der Waals surface area contributed by atoms with Crippen LogP contribution in [0.2, 0.25) is 5.02 Å². The van der Waals surface area contributed by atoms with Crippen molar-refractivity contribution in [3.8, 4) is 5.69 Å². The third-order valence-corrected chi connectivity index (χ3v) is 5.56. The van der Waals surface area contributed by atoms with Gasteiger partial charge in [0.2, 0.25) is 5.91 Å². The predicted octanol–water partition coefficient (Wildman–Crippen LogP) is 5.13. The molecule has 0 atom stereocenters. The molecule has 4 rings (SSSR count). The van der Waals surface area contributed by atoms with E-state index in [0.717, 1.165) is 35.7 Å². The van der Waals surface area contributed by atoms with E-state index in [2.05, 4.69) is 9.88 Å². The minimum Gasteiger partial charge on any atom is -0.322 e. The summed E-state index contributed by atoms with van der Waals surface area (Å²) < 4.78 is 2.08. The number of hydrogen-bond acceptors (Lipinski definition) is 2. The average Bonchev–Trinajstić information content (AvgIpc) is 3.28. The number of nitrogens with zero attached hydrogens (tertiary/aromatic N) is 2. The number of aryl methyl sites for hydroxylation is 2. The van der Waals surface area contributed by atoms with Crippen LogP contribution in [0.25, 0.3) is 5.69 Å². The molecule has 29 heavy (non-hydrogen) atoms. The van der Waals surface area contributed by atoms with Gasteiger partial charge in [0.05, 0.1) is 10.6 Å². The van der Waals surface area contributed by atoms with E-state index >= 15 is 0 Å². The molecule has 1 N–H and O–H groups in total. The number of benzene rings is 2. The van der Waals surface area contributed by atoms with E-state index in [1.807, 2.05) is 44.2 Å². The summed E-state index contributed by atoms with van der Waals surface area (Å²) in [6, 6.07) is 16.8. The van der Waals surface area contributed by atoms with Crippen LogP contribution in [0.4, 0.5) is 11.4 Å². The van der Waals surface area contributed by atoms with E-state index in [1.165, 1.54) is 0 Å². The van der Waals surface area contributed by atoms with Crippen molar-refractivity contribution in [2.45, 2.75) is 26.7 Å². The summed E-state index contributed by atoms with van der Waals surface area (Å²) in [6.07, 6.45) is 1.47. The van der Waals surface area contributed by atoms with Crippen molar-refractivity contribution < 1.29 is 9.59 Å². The van der Waals surface area contributed by atoms with Crippen LogP contribution in [0.15, 0.2) is 54.6 Å². The summed E-state index contributed by atoms with van der Waals surface area (Å²) >= 11 is 6.31. The number of anilines is 2. The van der Waals surface area contributed by atoms with E-state index < -0.39 is 0 Å². The van der Waals surface area contributed by atoms with Gasteiger partial charge in [0.25, 0.3) is 5.91 Å². The average molecular weight is 408 g/mol. The van der Waals surface area contributed by atoms with Crippen LogP contribution in [-0.2, 0) is 4.79 Å². The van der Waals surface area contributed by atoms with Crippen LogP contribution in [0.3, 0.4) is 0 Å². The van der Waals surface area contributed by atoms with Gasteiger partial charge >= 0.3 is 0 Å². The van der Waals surface area contributed by atoms with Gasteiger partial charge in [-0.1, -0.05) is 11.6 Å². The Morgan fingerprint density at radius 2 is 1.62 bits per heavy atom. The summed E-state index contributed by atoms with van der Waals surface area (Å²) in [5.74, 6) is -0.134. The fourth-order valence-electron chi connectivity index (χ4n) is 3.75. The second-order valence-electron chi connectivity index (χ2n) is 7.27. The molecule has 1 aliphatic rings. The molecule has 1 aliphatic heterocycles. The first-order valence-corrected chi connectivity index (χ1v) is 9.98. The zero-order valence-corrected chi connectivity index (χ0v) is 17.2. The second-order valence-corrected chi connectivity index (χ2v) is 7.67. The topological polar surface area (TPSA) is 54.3 Å². The molecule has 0 bridgehead atoms. The molecule has 1 saturated heterocycles. The summed E-state index contributed by atoms with van der Waals surface area (Å²) in [5, 5.41) is 3.29. The van der Waals surface area contributed by atoms with Crippen LogP contribution in [0, 0.1) is 13.8 Å². The number of carbonyl (C=O) groups excluding carboxylic acids is 2. The Labute approximate surface area is 174 Å². The third kappa shape index (κ3) is 3.78. The largest absolute Gasteiger partial charge is 0.322 e. The van der Waals surface area contributed by atoms with Crippen LogP contribution in [-0.4, -0.2) is 22.9 Å².